The second-order valence-corrected chi connectivity index (χ2v) is 9.93. The number of thioether (sulfide) groups is 1. The summed E-state index contributed by atoms with van der Waals surface area (Å²) < 4.78 is 0. The van der Waals surface area contributed by atoms with Gasteiger partial charge in [0.15, 0.2) is 0 Å². The molecule has 3 amide bonds. The number of carbonyl (C=O) groups excluding carboxylic acids is 3. The van der Waals surface area contributed by atoms with Gasteiger partial charge in [0.2, 0.25) is 11.8 Å². The number of rotatable bonds is 9. The minimum Gasteiger partial charge on any atom is -0.340 e. The van der Waals surface area contributed by atoms with Crippen molar-refractivity contribution >= 4 is 35.2 Å². The number of nitrogens with zero attached hydrogens (tertiary/aromatic N) is 2. The highest BCUT2D eigenvalue weighted by Gasteiger charge is 2.28. The molecule has 1 heterocycles. The molecular formula is C27H36N4O3S. The molecule has 2 aromatic rings. The second-order valence-electron chi connectivity index (χ2n) is 8.94. The lowest BCUT2D eigenvalue weighted by Gasteiger charge is -2.27. The van der Waals surface area contributed by atoms with Crippen LogP contribution >= 0.6 is 11.8 Å². The molecule has 1 unspecified atom stereocenters. The Morgan fingerprint density at radius 3 is 2.34 bits per heavy atom. The summed E-state index contributed by atoms with van der Waals surface area (Å²) in [6.45, 7) is 6.78. The number of hydrogen-bond acceptors (Lipinski definition) is 5. The van der Waals surface area contributed by atoms with Crippen molar-refractivity contribution < 1.29 is 14.4 Å². The number of benzene rings is 2. The van der Waals surface area contributed by atoms with E-state index in [-0.39, 0.29) is 24.3 Å². The SMILES string of the molecule is CSCCC(NC(=O)c1ccccc1)C(=O)N1CCCN(CC(=O)Nc2c(C)cccc2C)CC1. The van der Waals surface area contributed by atoms with Crippen LogP contribution in [0, 0.1) is 13.8 Å². The van der Waals surface area contributed by atoms with E-state index in [1.54, 1.807) is 23.9 Å². The van der Waals surface area contributed by atoms with E-state index in [2.05, 4.69) is 15.5 Å². The van der Waals surface area contributed by atoms with Gasteiger partial charge in [-0.2, -0.15) is 11.8 Å². The third-order valence-electron chi connectivity index (χ3n) is 6.26. The molecule has 188 valence electrons. The first-order valence-electron chi connectivity index (χ1n) is 12.1. The maximum atomic E-state index is 13.4. The van der Waals surface area contributed by atoms with Crippen molar-refractivity contribution in [2.75, 3.05) is 50.0 Å². The molecule has 0 spiro atoms. The summed E-state index contributed by atoms with van der Waals surface area (Å²) in [5.74, 6) is 0.453. The molecule has 7 nitrogen and oxygen atoms in total. The maximum absolute atomic E-state index is 13.4. The van der Waals surface area contributed by atoms with E-state index >= 15 is 0 Å². The summed E-state index contributed by atoms with van der Waals surface area (Å²) in [6, 6.07) is 14.4. The number of hydrogen-bond donors (Lipinski definition) is 2. The normalized spacial score (nSPS) is 15.2. The quantitative estimate of drug-likeness (QED) is 0.557. The molecule has 1 atom stereocenters. The topological polar surface area (TPSA) is 81.8 Å². The molecule has 0 aliphatic carbocycles. The lowest BCUT2D eigenvalue weighted by molar-refractivity contribution is -0.133. The fourth-order valence-electron chi connectivity index (χ4n) is 4.29. The standard InChI is InChI=1S/C27H36N4O3S/c1-20-9-7-10-21(2)25(20)29-24(32)19-30-14-8-15-31(17-16-30)27(34)23(13-18-35-3)28-26(33)22-11-5-4-6-12-22/h4-7,9-12,23H,8,13-19H2,1-3H3,(H,28,33)(H,29,32). The Hall–Kier alpha value is -2.84. The molecule has 0 bridgehead atoms. The Kier molecular flexibility index (Phi) is 10.2. The van der Waals surface area contributed by atoms with Crippen LogP contribution in [0.5, 0.6) is 0 Å². The third-order valence-corrected chi connectivity index (χ3v) is 6.91. The highest BCUT2D eigenvalue weighted by Crippen LogP contribution is 2.19. The van der Waals surface area contributed by atoms with Crippen LogP contribution in [-0.2, 0) is 9.59 Å². The van der Waals surface area contributed by atoms with Gasteiger partial charge in [-0.05, 0) is 62.0 Å². The van der Waals surface area contributed by atoms with Crippen LogP contribution < -0.4 is 10.6 Å². The molecule has 1 fully saturated rings. The number of amides is 3. The van der Waals surface area contributed by atoms with Crippen molar-refractivity contribution in [1.29, 1.82) is 0 Å². The van der Waals surface area contributed by atoms with Crippen LogP contribution in [0.15, 0.2) is 48.5 Å². The molecule has 0 radical (unpaired) electrons. The molecule has 1 saturated heterocycles. The number of nitrogens with one attached hydrogen (secondary N) is 2. The van der Waals surface area contributed by atoms with E-state index in [4.69, 9.17) is 0 Å². The van der Waals surface area contributed by atoms with Crippen LogP contribution in [0.3, 0.4) is 0 Å². The fourth-order valence-corrected chi connectivity index (χ4v) is 4.76. The van der Waals surface area contributed by atoms with Crippen LogP contribution in [0.25, 0.3) is 0 Å². The molecular weight excluding hydrogens is 460 g/mol. The van der Waals surface area contributed by atoms with Gasteiger partial charge in [-0.3, -0.25) is 19.3 Å². The van der Waals surface area contributed by atoms with E-state index in [1.807, 2.05) is 61.4 Å². The lowest BCUT2D eigenvalue weighted by atomic mass is 10.1. The van der Waals surface area contributed by atoms with Crippen molar-refractivity contribution in [1.82, 2.24) is 15.1 Å². The van der Waals surface area contributed by atoms with Gasteiger partial charge < -0.3 is 15.5 Å². The molecule has 0 aromatic heterocycles. The second kappa shape index (κ2) is 13.3. The largest absolute Gasteiger partial charge is 0.340 e. The summed E-state index contributed by atoms with van der Waals surface area (Å²) >= 11 is 1.66. The predicted octanol–water partition coefficient (Wildman–Crippen LogP) is 3.33. The summed E-state index contributed by atoms with van der Waals surface area (Å²) in [5.41, 5.74) is 3.50. The van der Waals surface area contributed by atoms with E-state index in [1.165, 1.54) is 0 Å². The minimum atomic E-state index is -0.561. The Morgan fingerprint density at radius 2 is 1.66 bits per heavy atom. The number of aryl methyl sites for hydroxylation is 2. The van der Waals surface area contributed by atoms with Crippen LogP contribution in [0.2, 0.25) is 0 Å². The van der Waals surface area contributed by atoms with Gasteiger partial charge in [-0.15, -0.1) is 0 Å². The molecule has 1 aliphatic rings. The summed E-state index contributed by atoms with van der Waals surface area (Å²) in [6.07, 6.45) is 3.36. The van der Waals surface area contributed by atoms with E-state index in [0.717, 1.165) is 35.5 Å². The fraction of sp³-hybridized carbons (Fsp3) is 0.444. The van der Waals surface area contributed by atoms with E-state index < -0.39 is 6.04 Å². The Bertz CT molecular complexity index is 994. The average Bonchev–Trinajstić information content (AvgIpc) is 3.09. The molecule has 35 heavy (non-hydrogen) atoms. The third kappa shape index (κ3) is 7.83. The molecule has 0 saturated carbocycles. The Balaban J connectivity index is 1.57. The lowest BCUT2D eigenvalue weighted by Crippen LogP contribution is -2.50. The van der Waals surface area contributed by atoms with Crippen molar-refractivity contribution in [3.8, 4) is 0 Å². The van der Waals surface area contributed by atoms with Crippen LogP contribution in [0.1, 0.15) is 34.3 Å². The van der Waals surface area contributed by atoms with Gasteiger partial charge in [0.25, 0.3) is 5.91 Å². The Labute approximate surface area is 212 Å². The molecule has 2 aromatic carbocycles. The summed E-state index contributed by atoms with van der Waals surface area (Å²) in [4.78, 5) is 42.7. The van der Waals surface area contributed by atoms with Gasteiger partial charge in [0, 0.05) is 37.4 Å². The van der Waals surface area contributed by atoms with Crippen molar-refractivity contribution in [3.05, 3.63) is 65.2 Å². The molecule has 8 heteroatoms. The van der Waals surface area contributed by atoms with E-state index in [9.17, 15) is 14.4 Å². The van der Waals surface area contributed by atoms with Gasteiger partial charge in [-0.25, -0.2) is 0 Å². The Morgan fingerprint density at radius 1 is 0.943 bits per heavy atom. The maximum Gasteiger partial charge on any atom is 0.251 e. The van der Waals surface area contributed by atoms with Crippen molar-refractivity contribution in [3.63, 3.8) is 0 Å². The van der Waals surface area contributed by atoms with Crippen LogP contribution in [0.4, 0.5) is 5.69 Å². The van der Waals surface area contributed by atoms with Crippen molar-refractivity contribution in [2.24, 2.45) is 0 Å². The average molecular weight is 497 g/mol. The number of carbonyl (C=O) groups is 3. The molecule has 3 rings (SSSR count). The molecule has 1 aliphatic heterocycles. The zero-order valence-corrected chi connectivity index (χ0v) is 21.7. The number of para-hydroxylation sites is 1. The first-order chi connectivity index (χ1) is 16.9. The summed E-state index contributed by atoms with van der Waals surface area (Å²) in [7, 11) is 0. The molecule has 2 N–H and O–H groups in total. The monoisotopic (exact) mass is 496 g/mol. The number of anilines is 1. The van der Waals surface area contributed by atoms with E-state index in [0.29, 0.717) is 31.6 Å². The van der Waals surface area contributed by atoms with Crippen LogP contribution in [-0.4, -0.2) is 78.3 Å². The minimum absolute atomic E-state index is 0.0462. The predicted molar refractivity (Wildman–Crippen MR) is 143 cm³/mol. The first kappa shape index (κ1) is 26.8. The van der Waals surface area contributed by atoms with Gasteiger partial charge in [0.05, 0.1) is 6.54 Å². The zero-order chi connectivity index (χ0) is 25.2. The van der Waals surface area contributed by atoms with Gasteiger partial charge in [-0.1, -0.05) is 36.4 Å². The highest BCUT2D eigenvalue weighted by atomic mass is 32.2. The summed E-state index contributed by atoms with van der Waals surface area (Å²) in [5, 5.41) is 5.99. The first-order valence-corrected chi connectivity index (χ1v) is 13.5. The zero-order valence-electron chi connectivity index (χ0n) is 20.9. The highest BCUT2D eigenvalue weighted by molar-refractivity contribution is 7.98. The van der Waals surface area contributed by atoms with Crippen molar-refractivity contribution in [2.45, 2.75) is 32.7 Å². The smallest absolute Gasteiger partial charge is 0.251 e. The van der Waals surface area contributed by atoms with Gasteiger partial charge >= 0.3 is 0 Å². The van der Waals surface area contributed by atoms with Gasteiger partial charge in [0.1, 0.15) is 6.04 Å².